The molecular weight excluding hydrogens is 242 g/mol. The standard InChI is InChI=1S/C4H2F6O3S/c5-2(6)3(7)13-14(11)12-1-4(8,9)10/h1H2. The zero-order valence-electron chi connectivity index (χ0n) is 6.11. The van der Waals surface area contributed by atoms with Gasteiger partial charge in [0.05, 0.1) is 0 Å². The number of halogens is 6. The van der Waals surface area contributed by atoms with E-state index < -0.39 is 36.2 Å². The summed E-state index contributed by atoms with van der Waals surface area (Å²) < 4.78 is 84.9. The van der Waals surface area contributed by atoms with E-state index in [0.717, 1.165) is 0 Å². The van der Waals surface area contributed by atoms with Crippen LogP contribution in [0, 0.1) is 0 Å². The Bertz CT molecular complexity index is 244. The van der Waals surface area contributed by atoms with E-state index in [1.807, 2.05) is 0 Å². The van der Waals surface area contributed by atoms with Crippen molar-refractivity contribution in [2.45, 2.75) is 6.18 Å². The second kappa shape index (κ2) is 5.20. The van der Waals surface area contributed by atoms with Crippen LogP contribution in [0.1, 0.15) is 0 Å². The topological polar surface area (TPSA) is 35.5 Å². The summed E-state index contributed by atoms with van der Waals surface area (Å²) >= 11 is -3.25. The van der Waals surface area contributed by atoms with Gasteiger partial charge in [0.1, 0.15) is 0 Å². The average molecular weight is 244 g/mol. The molecule has 0 N–H and O–H groups in total. The lowest BCUT2D eigenvalue weighted by Gasteiger charge is -2.05. The molecule has 1 atom stereocenters. The van der Waals surface area contributed by atoms with Crippen LogP contribution in [0.15, 0.2) is 12.1 Å². The molecule has 0 aliphatic heterocycles. The normalized spacial score (nSPS) is 13.6. The van der Waals surface area contributed by atoms with Crippen LogP contribution in [0.3, 0.4) is 0 Å². The molecule has 0 bridgehead atoms. The maximum atomic E-state index is 11.7. The van der Waals surface area contributed by atoms with E-state index in [1.165, 1.54) is 0 Å². The van der Waals surface area contributed by atoms with Crippen LogP contribution >= 0.6 is 0 Å². The lowest BCUT2D eigenvalue weighted by atomic mass is 10.7. The van der Waals surface area contributed by atoms with Crippen molar-refractivity contribution in [2.24, 2.45) is 0 Å². The Kier molecular flexibility index (Phi) is 4.91. The summed E-state index contributed by atoms with van der Waals surface area (Å²) in [5.41, 5.74) is 0. The molecular formula is C4H2F6O3S. The molecule has 14 heavy (non-hydrogen) atoms. The van der Waals surface area contributed by atoms with Crippen LogP contribution in [0.4, 0.5) is 26.3 Å². The molecule has 0 saturated carbocycles. The van der Waals surface area contributed by atoms with E-state index in [0.29, 0.717) is 0 Å². The van der Waals surface area contributed by atoms with Crippen LogP contribution in [0.5, 0.6) is 0 Å². The SMILES string of the molecule is O=S(OCC(F)(F)F)OC(F)=C(F)F. The van der Waals surface area contributed by atoms with Crippen molar-refractivity contribution in [3.05, 3.63) is 12.1 Å². The number of alkyl halides is 3. The van der Waals surface area contributed by atoms with Gasteiger partial charge in [-0.3, -0.25) is 0 Å². The third-order valence-electron chi connectivity index (χ3n) is 0.609. The van der Waals surface area contributed by atoms with Gasteiger partial charge in [-0.2, -0.15) is 30.6 Å². The van der Waals surface area contributed by atoms with E-state index in [4.69, 9.17) is 0 Å². The van der Waals surface area contributed by atoms with Crippen molar-refractivity contribution in [1.29, 1.82) is 0 Å². The lowest BCUT2D eigenvalue weighted by Crippen LogP contribution is -2.18. The molecule has 0 rings (SSSR count). The van der Waals surface area contributed by atoms with Crippen LogP contribution in [0.25, 0.3) is 0 Å². The highest BCUT2D eigenvalue weighted by atomic mass is 32.2. The monoisotopic (exact) mass is 244 g/mol. The van der Waals surface area contributed by atoms with Gasteiger partial charge in [0.2, 0.25) is 0 Å². The molecule has 0 spiro atoms. The minimum Gasteiger partial charge on any atom is -0.344 e. The molecule has 0 aromatic rings. The average Bonchev–Trinajstić information content (AvgIpc) is 1.99. The van der Waals surface area contributed by atoms with Crippen molar-refractivity contribution < 1.29 is 38.9 Å². The van der Waals surface area contributed by atoms with E-state index in [9.17, 15) is 30.6 Å². The highest BCUT2D eigenvalue weighted by molar-refractivity contribution is 7.75. The van der Waals surface area contributed by atoms with Crippen molar-refractivity contribution in [3.63, 3.8) is 0 Å². The number of hydrogen-bond donors (Lipinski definition) is 0. The fraction of sp³-hybridized carbons (Fsp3) is 0.500. The Morgan fingerprint density at radius 3 is 2.07 bits per heavy atom. The second-order valence-corrected chi connectivity index (χ2v) is 2.51. The Hall–Kier alpha value is -0.770. The van der Waals surface area contributed by atoms with Crippen molar-refractivity contribution in [2.75, 3.05) is 6.61 Å². The van der Waals surface area contributed by atoms with Crippen LogP contribution in [0.2, 0.25) is 0 Å². The molecule has 0 fully saturated rings. The van der Waals surface area contributed by atoms with Gasteiger partial charge in [0.25, 0.3) is 0 Å². The van der Waals surface area contributed by atoms with Gasteiger partial charge >= 0.3 is 29.6 Å². The lowest BCUT2D eigenvalue weighted by molar-refractivity contribution is -0.153. The molecule has 0 amide bonds. The van der Waals surface area contributed by atoms with Crippen molar-refractivity contribution in [3.8, 4) is 0 Å². The maximum Gasteiger partial charge on any atom is 0.413 e. The molecule has 3 nitrogen and oxygen atoms in total. The summed E-state index contributed by atoms with van der Waals surface area (Å²) in [7, 11) is 0. The largest absolute Gasteiger partial charge is 0.413 e. The molecule has 0 aliphatic carbocycles. The molecule has 0 heterocycles. The van der Waals surface area contributed by atoms with E-state index in [-0.39, 0.29) is 0 Å². The minimum atomic E-state index is -4.81. The van der Waals surface area contributed by atoms with Gasteiger partial charge in [-0.15, -0.1) is 0 Å². The predicted octanol–water partition coefficient (Wildman–Crippen LogP) is 2.20. The molecule has 0 saturated heterocycles. The second-order valence-electron chi connectivity index (χ2n) is 1.70. The summed E-state index contributed by atoms with van der Waals surface area (Å²) in [6.45, 7) is -2.00. The van der Waals surface area contributed by atoms with E-state index >= 15 is 0 Å². The number of hydrogen-bond acceptors (Lipinski definition) is 3. The molecule has 10 heteroatoms. The summed E-state index contributed by atoms with van der Waals surface area (Å²) in [5, 5.41) is 0. The zero-order valence-corrected chi connectivity index (χ0v) is 6.92. The van der Waals surface area contributed by atoms with Crippen molar-refractivity contribution >= 4 is 11.4 Å². The van der Waals surface area contributed by atoms with Gasteiger partial charge in [0.15, 0.2) is 6.61 Å². The van der Waals surface area contributed by atoms with Gasteiger partial charge in [0, 0.05) is 0 Å². The third kappa shape index (κ3) is 6.71. The smallest absolute Gasteiger partial charge is 0.344 e. The highest BCUT2D eigenvalue weighted by Crippen LogP contribution is 2.17. The predicted molar refractivity (Wildman–Crippen MR) is 31.6 cm³/mol. The minimum absolute atomic E-state index is 2.00. The summed E-state index contributed by atoms with van der Waals surface area (Å²) in [6.07, 6.45) is -7.76. The fourth-order valence-corrected chi connectivity index (χ4v) is 0.691. The Balaban J connectivity index is 3.96. The van der Waals surface area contributed by atoms with Gasteiger partial charge < -0.3 is 4.18 Å². The summed E-state index contributed by atoms with van der Waals surface area (Å²) in [5.74, 6) is 0. The molecule has 1 unspecified atom stereocenters. The molecule has 0 aromatic carbocycles. The summed E-state index contributed by atoms with van der Waals surface area (Å²) in [4.78, 5) is 0. The number of rotatable bonds is 4. The van der Waals surface area contributed by atoms with Crippen LogP contribution < -0.4 is 0 Å². The van der Waals surface area contributed by atoms with Gasteiger partial charge in [-0.25, -0.2) is 4.18 Å². The molecule has 0 radical (unpaired) electrons. The van der Waals surface area contributed by atoms with Crippen LogP contribution in [-0.4, -0.2) is 17.0 Å². The Labute approximate surface area is 76.2 Å². The Morgan fingerprint density at radius 2 is 1.71 bits per heavy atom. The maximum absolute atomic E-state index is 11.7. The summed E-state index contributed by atoms with van der Waals surface area (Å²) in [6, 6.07) is -2.55. The first-order chi connectivity index (χ1) is 6.22. The first-order valence-electron chi connectivity index (χ1n) is 2.73. The molecule has 0 aliphatic rings. The zero-order chi connectivity index (χ0) is 11.4. The Morgan fingerprint density at radius 1 is 1.21 bits per heavy atom. The first kappa shape index (κ1) is 13.2. The fourth-order valence-electron chi connectivity index (χ4n) is 0.230. The van der Waals surface area contributed by atoms with E-state index in [1.54, 1.807) is 0 Å². The van der Waals surface area contributed by atoms with Crippen LogP contribution in [-0.2, 0) is 19.7 Å². The quantitative estimate of drug-likeness (QED) is 0.561. The van der Waals surface area contributed by atoms with Gasteiger partial charge in [-0.05, 0) is 0 Å². The van der Waals surface area contributed by atoms with Gasteiger partial charge in [-0.1, -0.05) is 0 Å². The van der Waals surface area contributed by atoms with E-state index in [2.05, 4.69) is 8.37 Å². The molecule has 84 valence electrons. The first-order valence-corrected chi connectivity index (χ1v) is 3.73. The third-order valence-corrected chi connectivity index (χ3v) is 1.20. The van der Waals surface area contributed by atoms with Crippen molar-refractivity contribution in [1.82, 2.24) is 0 Å². The highest BCUT2D eigenvalue weighted by Gasteiger charge is 2.29. The molecule has 0 aromatic heterocycles.